The molecule has 1 aromatic rings. The maximum absolute atomic E-state index is 15.2. The minimum absolute atomic E-state index is 0.00438. The van der Waals surface area contributed by atoms with Crippen molar-refractivity contribution in [2.45, 2.75) is 172 Å². The minimum Gasteiger partial charge on any atom is -0.497 e. The molecule has 14 nitrogen and oxygen atoms in total. The fourth-order valence-electron chi connectivity index (χ4n) is 12.4. The largest absolute Gasteiger partial charge is 0.497 e. The van der Waals surface area contributed by atoms with E-state index in [1.54, 1.807) is 28.4 Å². The van der Waals surface area contributed by atoms with Crippen molar-refractivity contribution in [1.29, 1.82) is 0 Å². The lowest BCUT2D eigenvalue weighted by Gasteiger charge is -2.47. The number of benzene rings is 1. The van der Waals surface area contributed by atoms with Crippen molar-refractivity contribution in [3.63, 3.8) is 0 Å². The van der Waals surface area contributed by atoms with Crippen molar-refractivity contribution in [3.8, 4) is 5.75 Å². The van der Waals surface area contributed by atoms with Gasteiger partial charge in [-0.2, -0.15) is 0 Å². The molecule has 354 valence electrons. The number of hydrogen-bond acceptors (Lipinski definition) is 14. The third-order valence-corrected chi connectivity index (χ3v) is 15.5. The molecule has 3 unspecified atom stereocenters. The average molecular weight is 885 g/mol. The van der Waals surface area contributed by atoms with E-state index in [9.17, 15) is 9.90 Å². The molecule has 19 atom stereocenters. The van der Waals surface area contributed by atoms with Crippen LogP contribution in [0.25, 0.3) is 0 Å². The maximum Gasteiger partial charge on any atom is 0.306 e. The van der Waals surface area contributed by atoms with Gasteiger partial charge in [-0.25, -0.2) is 0 Å². The molecule has 1 aromatic carbocycles. The molecule has 0 radical (unpaired) electrons. The number of hydrogen-bond donors (Lipinski definition) is 2. The number of methoxy groups -OCH3 is 4. The Bertz CT molecular complexity index is 1740. The summed E-state index contributed by atoms with van der Waals surface area (Å²) >= 11 is 0. The van der Waals surface area contributed by atoms with Gasteiger partial charge in [-0.05, 0) is 127 Å². The van der Waals surface area contributed by atoms with Crippen LogP contribution in [-0.4, -0.2) is 144 Å². The summed E-state index contributed by atoms with van der Waals surface area (Å²) in [5, 5.41) is 16.6. The van der Waals surface area contributed by atoms with E-state index in [-0.39, 0.29) is 66.4 Å². The van der Waals surface area contributed by atoms with Crippen molar-refractivity contribution in [1.82, 2.24) is 4.90 Å². The number of anilines is 1. The van der Waals surface area contributed by atoms with Crippen LogP contribution in [-0.2, 0) is 47.5 Å². The van der Waals surface area contributed by atoms with Gasteiger partial charge in [-0.3, -0.25) is 9.59 Å². The summed E-state index contributed by atoms with van der Waals surface area (Å²) in [6.45, 7) is 10.1. The molecular weight excluding hydrogens is 809 g/mol. The Labute approximate surface area is 375 Å². The standard InChI is InChI=1S/C49H76N2O12/c1-12-30-14-13-15-39(63-41-17-16-38(51(6)7)27(4)59-41)26(3)44(53)37-23-34-33-21-32(62-49-48(58-11)47(57-10)46(56-9)28(5)60-49)22-36(33)43(45(54)42(34)35(37)24-40(52)61-30)50-29-18-25(2)19-31(20-29)55-8/h18-20,23,26-28,30,32-36,38-39,41-43,45-50,54H,12-17,21-22,24H2,1-11H3/t26-,27?,28?,30+,32+,33+,34+,35-,36-,38+,39+,41+,42-,43+,45+,46+,47?,48+,49+/m1/s1. The predicted octanol–water partition coefficient (Wildman–Crippen LogP) is 6.09. The first-order valence-electron chi connectivity index (χ1n) is 23.6. The third kappa shape index (κ3) is 10.2. The molecule has 6 aliphatic rings. The third-order valence-electron chi connectivity index (χ3n) is 15.5. The number of rotatable bonds is 12. The number of ketones is 1. The van der Waals surface area contributed by atoms with Crippen molar-refractivity contribution in [3.05, 3.63) is 35.4 Å². The molecule has 3 saturated heterocycles. The molecule has 2 saturated carbocycles. The Morgan fingerprint density at radius 2 is 1.59 bits per heavy atom. The number of aliphatic hydroxyl groups is 1. The monoisotopic (exact) mass is 885 g/mol. The Morgan fingerprint density at radius 3 is 2.25 bits per heavy atom. The Kier molecular flexibility index (Phi) is 16.0. The molecule has 14 heteroatoms. The second-order valence-corrected chi connectivity index (χ2v) is 19.5. The molecular formula is C49H76N2O12. The number of nitrogens with zero attached hydrogens (tertiary/aromatic N) is 1. The molecule has 7 rings (SSSR count). The smallest absolute Gasteiger partial charge is 0.306 e. The number of carbonyl (C=O) groups excluding carboxylic acids is 2. The number of ether oxygens (including phenoxy) is 9. The van der Waals surface area contributed by atoms with Gasteiger partial charge in [0, 0.05) is 56.9 Å². The summed E-state index contributed by atoms with van der Waals surface area (Å²) in [6.07, 6.45) is 3.23. The Hall–Kier alpha value is -2.66. The fourth-order valence-corrected chi connectivity index (χ4v) is 12.4. The summed E-state index contributed by atoms with van der Waals surface area (Å²) in [6, 6.07) is 5.83. The van der Waals surface area contributed by atoms with Crippen LogP contribution in [0.4, 0.5) is 5.69 Å². The summed E-state index contributed by atoms with van der Waals surface area (Å²) in [4.78, 5) is 31.3. The highest BCUT2D eigenvalue weighted by atomic mass is 16.7. The highest BCUT2D eigenvalue weighted by Crippen LogP contribution is 2.57. The second-order valence-electron chi connectivity index (χ2n) is 19.5. The zero-order valence-electron chi connectivity index (χ0n) is 39.5. The zero-order valence-corrected chi connectivity index (χ0v) is 39.5. The molecule has 63 heavy (non-hydrogen) atoms. The first kappa shape index (κ1) is 48.3. The van der Waals surface area contributed by atoms with Gasteiger partial charge in [0.15, 0.2) is 18.4 Å². The molecule has 2 N–H and O–H groups in total. The van der Waals surface area contributed by atoms with Crippen LogP contribution in [0, 0.1) is 42.4 Å². The molecule has 5 fully saturated rings. The number of allylic oxidation sites excluding steroid dienone is 2. The number of cyclic esters (lactones) is 1. The lowest BCUT2D eigenvalue weighted by Crippen LogP contribution is -2.59. The topological polar surface area (TPSA) is 153 Å². The van der Waals surface area contributed by atoms with E-state index < -0.39 is 60.8 Å². The number of likely N-dealkylation sites (N-methyl/N-ethyl adjacent to an activating group) is 1. The van der Waals surface area contributed by atoms with Gasteiger partial charge in [0.25, 0.3) is 0 Å². The molecule has 0 bridgehead atoms. The van der Waals surface area contributed by atoms with E-state index in [2.05, 4.69) is 43.4 Å². The highest BCUT2D eigenvalue weighted by Gasteiger charge is 2.60. The molecule has 3 aliphatic carbocycles. The van der Waals surface area contributed by atoms with Crippen LogP contribution in [0.5, 0.6) is 5.75 Å². The Morgan fingerprint density at radius 1 is 0.857 bits per heavy atom. The van der Waals surface area contributed by atoms with E-state index in [4.69, 9.17) is 42.6 Å². The number of Topliss-reactive ketones (excluding diaryl/α,β-unsaturated/α-hetero) is 1. The predicted molar refractivity (Wildman–Crippen MR) is 236 cm³/mol. The van der Waals surface area contributed by atoms with Gasteiger partial charge in [0.1, 0.15) is 30.2 Å². The zero-order chi connectivity index (χ0) is 45.3. The van der Waals surface area contributed by atoms with E-state index in [1.807, 2.05) is 39.8 Å². The second kappa shape index (κ2) is 20.9. The Balaban J connectivity index is 1.22. The number of aryl methyl sites for hydroxylation is 1. The van der Waals surface area contributed by atoms with E-state index >= 15 is 4.79 Å². The first-order valence-corrected chi connectivity index (χ1v) is 23.6. The number of esters is 1. The molecule has 3 heterocycles. The molecule has 0 aromatic heterocycles. The molecule has 0 spiro atoms. The maximum atomic E-state index is 15.2. The normalized spacial score (nSPS) is 42.3. The van der Waals surface area contributed by atoms with E-state index in [0.717, 1.165) is 30.5 Å². The minimum atomic E-state index is -0.919. The van der Waals surface area contributed by atoms with Crippen LogP contribution < -0.4 is 10.1 Å². The van der Waals surface area contributed by atoms with Crippen molar-refractivity contribution >= 4 is 17.4 Å². The lowest BCUT2D eigenvalue weighted by molar-refractivity contribution is -0.314. The molecule has 0 amide bonds. The number of carbonyl (C=O) groups is 2. The fraction of sp³-hybridized carbons (Fsp3) is 0.796. The van der Waals surface area contributed by atoms with Crippen LogP contribution in [0.2, 0.25) is 0 Å². The van der Waals surface area contributed by atoms with E-state index in [1.165, 1.54) is 0 Å². The van der Waals surface area contributed by atoms with Crippen LogP contribution in [0.1, 0.15) is 91.0 Å². The van der Waals surface area contributed by atoms with Crippen molar-refractivity contribution < 1.29 is 57.3 Å². The van der Waals surface area contributed by atoms with Crippen molar-refractivity contribution in [2.75, 3.05) is 47.9 Å². The van der Waals surface area contributed by atoms with Crippen LogP contribution >= 0.6 is 0 Å². The number of nitrogens with one attached hydrogen (secondary N) is 1. The molecule has 3 aliphatic heterocycles. The summed E-state index contributed by atoms with van der Waals surface area (Å²) in [5.74, 6) is -1.39. The SMILES string of the molecule is CC[C@H]1CCC[C@H](O[C@H]2CC[C@H](N(C)C)C(C)O2)[C@@H](C)C(=O)C2=C[C@H]3[C@@H]4C[C@H](O[C@@H]5OC(C)[C@H](OC)C(OC)[C@@H]5OC)C[C@H]4[C@H](Nc4cc(C)cc(OC)c4)[C@@H](O)[C@H]3[C@@H]2CC(=O)O1. The quantitative estimate of drug-likeness (QED) is 0.233. The van der Waals surface area contributed by atoms with Gasteiger partial charge < -0.3 is 58.0 Å². The summed E-state index contributed by atoms with van der Waals surface area (Å²) in [5.41, 5.74) is 2.44. The van der Waals surface area contributed by atoms with Crippen molar-refractivity contribution in [2.24, 2.45) is 35.5 Å². The highest BCUT2D eigenvalue weighted by molar-refractivity contribution is 5.99. The lowest BCUT2D eigenvalue weighted by atomic mass is 9.62. The first-order chi connectivity index (χ1) is 30.2. The summed E-state index contributed by atoms with van der Waals surface area (Å²) < 4.78 is 56.0. The van der Waals surface area contributed by atoms with E-state index in [0.29, 0.717) is 49.5 Å². The van der Waals surface area contributed by atoms with Gasteiger partial charge in [-0.1, -0.05) is 19.9 Å². The average Bonchev–Trinajstić information content (AvgIpc) is 3.84. The summed E-state index contributed by atoms with van der Waals surface area (Å²) in [7, 11) is 10.7. The van der Waals surface area contributed by atoms with Gasteiger partial charge in [0.2, 0.25) is 0 Å². The number of fused-ring (bicyclic) bond motifs is 5. The van der Waals surface area contributed by atoms with Gasteiger partial charge >= 0.3 is 5.97 Å². The number of aliphatic hydroxyl groups excluding tert-OH is 1. The van der Waals surface area contributed by atoms with Crippen LogP contribution in [0.15, 0.2) is 29.8 Å². The van der Waals surface area contributed by atoms with Crippen LogP contribution in [0.3, 0.4) is 0 Å². The van der Waals surface area contributed by atoms with Gasteiger partial charge in [0.05, 0.1) is 50.1 Å². The van der Waals surface area contributed by atoms with Gasteiger partial charge in [-0.15, -0.1) is 0 Å².